The third-order valence-electron chi connectivity index (χ3n) is 5.16. The highest BCUT2D eigenvalue weighted by Crippen LogP contribution is 2.22. The fourth-order valence-corrected chi connectivity index (χ4v) is 3.64. The zero-order valence-corrected chi connectivity index (χ0v) is 19.2. The van der Waals surface area contributed by atoms with E-state index in [0.29, 0.717) is 30.1 Å². The van der Waals surface area contributed by atoms with Gasteiger partial charge in [-0.1, -0.05) is 26.2 Å². The van der Waals surface area contributed by atoms with Crippen molar-refractivity contribution in [1.82, 2.24) is 10.3 Å². The van der Waals surface area contributed by atoms with Gasteiger partial charge in [0.15, 0.2) is 0 Å². The number of hydrogen-bond donors (Lipinski definition) is 2. The van der Waals surface area contributed by atoms with E-state index in [1.807, 2.05) is 26.8 Å². The number of fused-ring (bicyclic) bond motifs is 1. The second kappa shape index (κ2) is 11.5. The lowest BCUT2D eigenvalue weighted by Gasteiger charge is -2.22. The summed E-state index contributed by atoms with van der Waals surface area (Å²) in [7, 11) is 0. The van der Waals surface area contributed by atoms with E-state index in [2.05, 4.69) is 23.3 Å². The predicted octanol–water partition coefficient (Wildman–Crippen LogP) is 5.48. The predicted molar refractivity (Wildman–Crippen MR) is 123 cm³/mol. The first-order chi connectivity index (χ1) is 14.7. The number of H-pyrrole nitrogens is 1. The first-order valence-corrected chi connectivity index (χ1v) is 11.2. The first-order valence-electron chi connectivity index (χ1n) is 11.2. The van der Waals surface area contributed by atoms with Gasteiger partial charge in [-0.15, -0.1) is 0 Å². The maximum Gasteiger partial charge on any atom is 0.306 e. The molecule has 0 saturated carbocycles. The van der Waals surface area contributed by atoms with Crippen LogP contribution in [0.5, 0.6) is 0 Å². The molecule has 1 aromatic heterocycles. The fraction of sp³-hybridized carbons (Fsp3) is 0.560. The molecule has 1 amide bonds. The normalized spacial score (nSPS) is 12.4. The number of amides is 1. The lowest BCUT2D eigenvalue weighted by Crippen LogP contribution is -2.26. The van der Waals surface area contributed by atoms with Crippen LogP contribution in [-0.2, 0) is 9.53 Å². The fourth-order valence-electron chi connectivity index (χ4n) is 3.64. The number of nitriles is 1. The molecule has 0 fully saturated rings. The zero-order valence-electron chi connectivity index (χ0n) is 19.2. The van der Waals surface area contributed by atoms with Crippen molar-refractivity contribution in [3.63, 3.8) is 0 Å². The number of hydrogen-bond acceptors (Lipinski definition) is 4. The number of ether oxygens (including phenoxy) is 1. The third-order valence-corrected chi connectivity index (χ3v) is 5.16. The standard InChI is InChI=1S/C25H35N3O3/c1-5-6-9-18(15-23(29)31-25(2,3)4)10-7-8-13-27-24(30)22-16-20-14-19(17-26)11-12-21(20)28-22/h11-12,14,16,18,28H,5-10,13,15H2,1-4H3,(H,27,30). The molecule has 0 saturated heterocycles. The summed E-state index contributed by atoms with van der Waals surface area (Å²) in [6.07, 6.45) is 6.49. The number of carbonyl (C=O) groups excluding carboxylic acids is 2. The quantitative estimate of drug-likeness (QED) is 0.368. The molecular weight excluding hydrogens is 390 g/mol. The average Bonchev–Trinajstić information content (AvgIpc) is 3.13. The maximum atomic E-state index is 12.4. The van der Waals surface area contributed by atoms with E-state index in [9.17, 15) is 9.59 Å². The molecule has 0 aliphatic carbocycles. The van der Waals surface area contributed by atoms with Gasteiger partial charge in [0.05, 0.1) is 11.6 Å². The van der Waals surface area contributed by atoms with Crippen molar-refractivity contribution in [3.8, 4) is 6.07 Å². The topological polar surface area (TPSA) is 95.0 Å². The lowest BCUT2D eigenvalue weighted by molar-refractivity contribution is -0.156. The number of carbonyl (C=O) groups is 2. The van der Waals surface area contributed by atoms with Crippen molar-refractivity contribution in [2.24, 2.45) is 5.92 Å². The van der Waals surface area contributed by atoms with Crippen LogP contribution in [0.3, 0.4) is 0 Å². The van der Waals surface area contributed by atoms with Crippen LogP contribution in [0.2, 0.25) is 0 Å². The summed E-state index contributed by atoms with van der Waals surface area (Å²) in [5.74, 6) is 0.0554. The number of aromatic nitrogens is 1. The molecular formula is C25H35N3O3. The van der Waals surface area contributed by atoms with Crippen molar-refractivity contribution >= 4 is 22.8 Å². The Morgan fingerprint density at radius 3 is 2.58 bits per heavy atom. The molecule has 1 aromatic carbocycles. The molecule has 0 radical (unpaired) electrons. The van der Waals surface area contributed by atoms with Gasteiger partial charge in [-0.05, 0) is 70.2 Å². The summed E-state index contributed by atoms with van der Waals surface area (Å²) >= 11 is 0. The molecule has 2 rings (SSSR count). The van der Waals surface area contributed by atoms with Crippen LogP contribution in [0.15, 0.2) is 24.3 Å². The molecule has 1 atom stereocenters. The van der Waals surface area contributed by atoms with Gasteiger partial charge in [-0.3, -0.25) is 9.59 Å². The average molecular weight is 426 g/mol. The Morgan fingerprint density at radius 1 is 1.16 bits per heavy atom. The van der Waals surface area contributed by atoms with Crippen LogP contribution in [-0.4, -0.2) is 29.0 Å². The smallest absolute Gasteiger partial charge is 0.306 e. The molecule has 2 aromatic rings. The van der Waals surface area contributed by atoms with Gasteiger partial charge in [0.2, 0.25) is 0 Å². The Morgan fingerprint density at radius 2 is 1.90 bits per heavy atom. The number of esters is 1. The highest BCUT2D eigenvalue weighted by atomic mass is 16.6. The van der Waals surface area contributed by atoms with E-state index < -0.39 is 5.60 Å². The highest BCUT2D eigenvalue weighted by molar-refractivity contribution is 5.98. The summed E-state index contributed by atoms with van der Waals surface area (Å²) in [5, 5.41) is 12.8. The zero-order chi connectivity index (χ0) is 22.9. The SMILES string of the molecule is CCCCC(CCCCNC(=O)c1cc2cc(C#N)ccc2[nH]1)CC(=O)OC(C)(C)C. The molecule has 1 heterocycles. The van der Waals surface area contributed by atoms with E-state index >= 15 is 0 Å². The van der Waals surface area contributed by atoms with Crippen LogP contribution in [0.25, 0.3) is 10.9 Å². The van der Waals surface area contributed by atoms with Crippen LogP contribution >= 0.6 is 0 Å². The van der Waals surface area contributed by atoms with Gasteiger partial charge in [-0.25, -0.2) is 0 Å². The van der Waals surface area contributed by atoms with Crippen molar-refractivity contribution in [1.29, 1.82) is 5.26 Å². The van der Waals surface area contributed by atoms with E-state index in [0.717, 1.165) is 49.4 Å². The second-order valence-corrected chi connectivity index (χ2v) is 9.15. The number of aromatic amines is 1. The van der Waals surface area contributed by atoms with Crippen LogP contribution in [0.4, 0.5) is 0 Å². The van der Waals surface area contributed by atoms with Crippen molar-refractivity contribution < 1.29 is 14.3 Å². The Hall–Kier alpha value is -2.81. The summed E-state index contributed by atoms with van der Waals surface area (Å²) in [6.45, 7) is 8.43. The Labute approximate surface area is 185 Å². The highest BCUT2D eigenvalue weighted by Gasteiger charge is 2.20. The first kappa shape index (κ1) is 24.5. The molecule has 2 N–H and O–H groups in total. The van der Waals surface area contributed by atoms with Gasteiger partial charge in [-0.2, -0.15) is 5.26 Å². The minimum atomic E-state index is -0.449. The third kappa shape index (κ3) is 8.45. The largest absolute Gasteiger partial charge is 0.460 e. The number of nitrogens with zero attached hydrogens (tertiary/aromatic N) is 1. The van der Waals surface area contributed by atoms with Gasteiger partial charge < -0.3 is 15.0 Å². The number of unbranched alkanes of at least 4 members (excludes halogenated alkanes) is 2. The lowest BCUT2D eigenvalue weighted by atomic mass is 9.93. The number of nitrogens with one attached hydrogen (secondary N) is 2. The summed E-state index contributed by atoms with van der Waals surface area (Å²) in [6, 6.07) is 9.19. The molecule has 0 aliphatic heterocycles. The van der Waals surface area contributed by atoms with E-state index in [-0.39, 0.29) is 11.9 Å². The Bertz CT molecular complexity index is 918. The van der Waals surface area contributed by atoms with E-state index in [1.165, 1.54) is 0 Å². The summed E-state index contributed by atoms with van der Waals surface area (Å²) in [5.41, 5.74) is 1.46. The molecule has 31 heavy (non-hydrogen) atoms. The molecule has 1 unspecified atom stereocenters. The minimum Gasteiger partial charge on any atom is -0.460 e. The maximum absolute atomic E-state index is 12.4. The van der Waals surface area contributed by atoms with Crippen LogP contribution in [0.1, 0.15) is 88.7 Å². The monoisotopic (exact) mass is 425 g/mol. The van der Waals surface area contributed by atoms with Crippen molar-refractivity contribution in [2.75, 3.05) is 6.54 Å². The van der Waals surface area contributed by atoms with Crippen LogP contribution in [0, 0.1) is 17.2 Å². The van der Waals surface area contributed by atoms with E-state index in [1.54, 1.807) is 18.2 Å². The van der Waals surface area contributed by atoms with Gasteiger partial charge in [0.25, 0.3) is 5.91 Å². The summed E-state index contributed by atoms with van der Waals surface area (Å²) < 4.78 is 5.48. The van der Waals surface area contributed by atoms with Gasteiger partial charge in [0, 0.05) is 23.9 Å². The molecule has 168 valence electrons. The minimum absolute atomic E-state index is 0.125. The van der Waals surface area contributed by atoms with Crippen molar-refractivity contribution in [3.05, 3.63) is 35.5 Å². The molecule has 6 nitrogen and oxygen atoms in total. The molecule has 0 bridgehead atoms. The Kier molecular flexibility index (Phi) is 9.11. The van der Waals surface area contributed by atoms with Gasteiger partial charge >= 0.3 is 5.97 Å². The second-order valence-electron chi connectivity index (χ2n) is 9.15. The molecule has 0 aliphatic rings. The van der Waals surface area contributed by atoms with E-state index in [4.69, 9.17) is 10.00 Å². The molecule has 0 spiro atoms. The van der Waals surface area contributed by atoms with Crippen LogP contribution < -0.4 is 5.32 Å². The summed E-state index contributed by atoms with van der Waals surface area (Å²) in [4.78, 5) is 27.7. The number of rotatable bonds is 11. The van der Waals surface area contributed by atoms with Crippen molar-refractivity contribution in [2.45, 2.75) is 78.2 Å². The van der Waals surface area contributed by atoms with Gasteiger partial charge in [0.1, 0.15) is 11.3 Å². The Balaban J connectivity index is 1.77. The molecule has 6 heteroatoms. The number of benzene rings is 1.